The molecule has 0 saturated heterocycles. The molecule has 96 valence electrons. The van der Waals surface area contributed by atoms with Crippen LogP contribution in [0.15, 0.2) is 24.4 Å². The molecule has 2 N–H and O–H groups in total. The number of ether oxygens (including phenoxy) is 1. The molecule has 0 amide bonds. The fourth-order valence-electron chi connectivity index (χ4n) is 1.61. The predicted molar refractivity (Wildman–Crippen MR) is 70.9 cm³/mol. The van der Waals surface area contributed by atoms with Gasteiger partial charge in [-0.05, 0) is 18.2 Å². The molecule has 5 nitrogen and oxygen atoms in total. The van der Waals surface area contributed by atoms with Gasteiger partial charge in [0, 0.05) is 18.7 Å². The number of aliphatic hydroxyl groups excluding tert-OH is 1. The molecule has 0 saturated carbocycles. The Bertz CT molecular complexity index is 536. The number of nitrogens with zero attached hydrogens (tertiary/aromatic N) is 2. The summed E-state index contributed by atoms with van der Waals surface area (Å²) < 4.78 is 4.99. The maximum Gasteiger partial charge on any atom is 0.161 e. The van der Waals surface area contributed by atoms with Crippen molar-refractivity contribution in [2.45, 2.75) is 6.04 Å². The fraction of sp³-hybridized carbons (Fsp3) is 0.333. The van der Waals surface area contributed by atoms with Crippen LogP contribution in [0.5, 0.6) is 0 Å². The maximum absolute atomic E-state index is 9.16. The van der Waals surface area contributed by atoms with Gasteiger partial charge in [0.2, 0.25) is 0 Å². The molecule has 0 radical (unpaired) electrons. The van der Waals surface area contributed by atoms with Crippen molar-refractivity contribution in [2.24, 2.45) is 0 Å². The Labute approximate surface area is 110 Å². The number of halogens is 1. The zero-order valence-corrected chi connectivity index (χ0v) is 10.7. The second-order valence-electron chi connectivity index (χ2n) is 3.88. The van der Waals surface area contributed by atoms with Crippen LogP contribution in [-0.4, -0.2) is 41.4 Å². The molecule has 1 atom stereocenters. The van der Waals surface area contributed by atoms with E-state index in [1.165, 1.54) is 0 Å². The Hall–Kier alpha value is -1.43. The molecule has 0 fully saturated rings. The summed E-state index contributed by atoms with van der Waals surface area (Å²) in [6, 6.07) is 5.32. The first-order chi connectivity index (χ1) is 8.72. The number of hydrogen-bond acceptors (Lipinski definition) is 5. The molecule has 0 aliphatic rings. The van der Waals surface area contributed by atoms with Crippen LogP contribution in [0.4, 0.5) is 5.82 Å². The van der Waals surface area contributed by atoms with Gasteiger partial charge in [-0.2, -0.15) is 0 Å². The average Bonchev–Trinajstić information content (AvgIpc) is 2.38. The van der Waals surface area contributed by atoms with Crippen molar-refractivity contribution < 1.29 is 9.84 Å². The monoisotopic (exact) mass is 267 g/mol. The third kappa shape index (κ3) is 3.07. The van der Waals surface area contributed by atoms with Gasteiger partial charge in [0.15, 0.2) is 5.65 Å². The molecule has 18 heavy (non-hydrogen) atoms. The van der Waals surface area contributed by atoms with E-state index in [-0.39, 0.29) is 12.6 Å². The van der Waals surface area contributed by atoms with E-state index in [9.17, 15) is 0 Å². The van der Waals surface area contributed by atoms with Gasteiger partial charge in [0.05, 0.1) is 24.3 Å². The molecule has 0 aliphatic carbocycles. The minimum Gasteiger partial charge on any atom is -0.394 e. The number of anilines is 1. The van der Waals surface area contributed by atoms with Crippen molar-refractivity contribution in [1.29, 1.82) is 0 Å². The van der Waals surface area contributed by atoms with Crippen molar-refractivity contribution >= 4 is 28.5 Å². The lowest BCUT2D eigenvalue weighted by Gasteiger charge is -2.15. The highest BCUT2D eigenvalue weighted by molar-refractivity contribution is 6.31. The van der Waals surface area contributed by atoms with Gasteiger partial charge in [0.25, 0.3) is 0 Å². The SMILES string of the molecule is COC[C@H](CO)Nc1ccc2cc(Cl)cnc2n1. The van der Waals surface area contributed by atoms with Crippen LogP contribution < -0.4 is 5.32 Å². The largest absolute Gasteiger partial charge is 0.394 e. The maximum atomic E-state index is 9.16. The van der Waals surface area contributed by atoms with Crippen LogP contribution in [0.1, 0.15) is 0 Å². The summed E-state index contributed by atoms with van der Waals surface area (Å²) in [5.41, 5.74) is 0.610. The molecule has 2 rings (SSSR count). The molecule has 2 heterocycles. The van der Waals surface area contributed by atoms with Crippen LogP contribution in [-0.2, 0) is 4.74 Å². The number of fused-ring (bicyclic) bond motifs is 1. The van der Waals surface area contributed by atoms with E-state index in [2.05, 4.69) is 15.3 Å². The van der Waals surface area contributed by atoms with E-state index < -0.39 is 0 Å². The molecule has 0 bridgehead atoms. The number of nitrogens with one attached hydrogen (secondary N) is 1. The van der Waals surface area contributed by atoms with Crippen LogP contribution in [0, 0.1) is 0 Å². The first-order valence-corrected chi connectivity index (χ1v) is 5.89. The van der Waals surface area contributed by atoms with Crippen molar-refractivity contribution in [2.75, 3.05) is 25.6 Å². The third-order valence-electron chi connectivity index (χ3n) is 2.45. The van der Waals surface area contributed by atoms with Crippen LogP contribution in [0.25, 0.3) is 11.0 Å². The number of rotatable bonds is 5. The van der Waals surface area contributed by atoms with E-state index >= 15 is 0 Å². The Morgan fingerprint density at radius 1 is 1.50 bits per heavy atom. The molecule has 0 aliphatic heterocycles. The van der Waals surface area contributed by atoms with Crippen LogP contribution >= 0.6 is 11.6 Å². The topological polar surface area (TPSA) is 67.3 Å². The number of aromatic nitrogens is 2. The minimum atomic E-state index is -0.188. The second kappa shape index (κ2) is 5.95. The molecule has 0 spiro atoms. The summed E-state index contributed by atoms with van der Waals surface area (Å²) in [5, 5.41) is 13.7. The van der Waals surface area contributed by atoms with E-state index in [1.807, 2.05) is 12.1 Å². The average molecular weight is 268 g/mol. The Balaban J connectivity index is 2.21. The number of methoxy groups -OCH3 is 1. The predicted octanol–water partition coefficient (Wildman–Crippen LogP) is 1.70. The van der Waals surface area contributed by atoms with Gasteiger partial charge in [-0.3, -0.25) is 0 Å². The number of pyridine rings is 2. The van der Waals surface area contributed by atoms with Crippen molar-refractivity contribution in [3.8, 4) is 0 Å². The molecule has 2 aromatic heterocycles. The normalized spacial score (nSPS) is 12.6. The quantitative estimate of drug-likeness (QED) is 0.863. The van der Waals surface area contributed by atoms with Crippen molar-refractivity contribution in [3.05, 3.63) is 29.4 Å². The summed E-state index contributed by atoms with van der Waals surface area (Å²) in [4.78, 5) is 8.48. The third-order valence-corrected chi connectivity index (χ3v) is 2.66. The smallest absolute Gasteiger partial charge is 0.161 e. The van der Waals surface area contributed by atoms with E-state index in [1.54, 1.807) is 19.4 Å². The number of aliphatic hydroxyl groups is 1. The molecule has 6 heteroatoms. The molecular weight excluding hydrogens is 254 g/mol. The van der Waals surface area contributed by atoms with Crippen LogP contribution in [0.3, 0.4) is 0 Å². The highest BCUT2D eigenvalue weighted by Gasteiger charge is 2.08. The lowest BCUT2D eigenvalue weighted by atomic mass is 10.2. The fourth-order valence-corrected chi connectivity index (χ4v) is 1.78. The van der Waals surface area contributed by atoms with Gasteiger partial charge in [-0.1, -0.05) is 11.6 Å². The summed E-state index contributed by atoms with van der Waals surface area (Å²) in [6.07, 6.45) is 1.55. The van der Waals surface area contributed by atoms with Crippen molar-refractivity contribution in [3.63, 3.8) is 0 Å². The van der Waals surface area contributed by atoms with Gasteiger partial charge >= 0.3 is 0 Å². The zero-order valence-electron chi connectivity index (χ0n) is 9.93. The zero-order chi connectivity index (χ0) is 13.0. The van der Waals surface area contributed by atoms with Gasteiger partial charge in [0.1, 0.15) is 5.82 Å². The van der Waals surface area contributed by atoms with Crippen molar-refractivity contribution in [1.82, 2.24) is 9.97 Å². The minimum absolute atomic E-state index is 0.0262. The first kappa shape index (κ1) is 13.0. The van der Waals surface area contributed by atoms with Crippen LogP contribution in [0.2, 0.25) is 5.02 Å². The molecular formula is C12H14ClN3O2. The lowest BCUT2D eigenvalue weighted by Crippen LogP contribution is -2.29. The summed E-state index contributed by atoms with van der Waals surface area (Å²) in [6.45, 7) is 0.381. The lowest BCUT2D eigenvalue weighted by molar-refractivity contribution is 0.153. The Morgan fingerprint density at radius 2 is 2.33 bits per heavy atom. The highest BCUT2D eigenvalue weighted by Crippen LogP contribution is 2.17. The van der Waals surface area contributed by atoms with Gasteiger partial charge in [-0.25, -0.2) is 9.97 Å². The van der Waals surface area contributed by atoms with Gasteiger partial charge < -0.3 is 15.2 Å². The van der Waals surface area contributed by atoms with E-state index in [0.717, 1.165) is 5.39 Å². The second-order valence-corrected chi connectivity index (χ2v) is 4.31. The Kier molecular flexibility index (Phi) is 4.30. The number of hydrogen-bond donors (Lipinski definition) is 2. The van der Waals surface area contributed by atoms with Gasteiger partial charge in [-0.15, -0.1) is 0 Å². The molecule has 2 aromatic rings. The Morgan fingerprint density at radius 3 is 3.06 bits per heavy atom. The summed E-state index contributed by atoms with van der Waals surface area (Å²) >= 11 is 5.85. The molecule has 0 aromatic carbocycles. The standard InChI is InChI=1S/C12H14ClN3O2/c1-18-7-10(6-17)15-11-3-2-8-4-9(13)5-14-12(8)16-11/h2-5,10,17H,6-7H2,1H3,(H,14,15,16)/t10-/m0/s1. The summed E-state index contributed by atoms with van der Waals surface area (Å²) in [7, 11) is 1.59. The summed E-state index contributed by atoms with van der Waals surface area (Å²) in [5.74, 6) is 0.647. The molecule has 0 unspecified atom stereocenters. The van der Waals surface area contributed by atoms with E-state index in [0.29, 0.717) is 23.1 Å². The first-order valence-electron chi connectivity index (χ1n) is 5.51. The highest BCUT2D eigenvalue weighted by atomic mass is 35.5. The van der Waals surface area contributed by atoms with E-state index in [4.69, 9.17) is 21.4 Å².